The Hall–Kier alpha value is -4.51. The number of rotatable bonds is 4. The topological polar surface area (TPSA) is 63.7 Å². The molecule has 5 aromatic rings. The van der Waals surface area contributed by atoms with Gasteiger partial charge < -0.3 is 4.74 Å². The second-order valence-corrected chi connectivity index (χ2v) is 8.07. The van der Waals surface area contributed by atoms with Crippen LogP contribution in [-0.2, 0) is 20.8 Å². The fourth-order valence-corrected chi connectivity index (χ4v) is 4.62. The Morgan fingerprint density at radius 3 is 2.09 bits per heavy atom. The van der Waals surface area contributed by atoms with E-state index in [9.17, 15) is 14.4 Å². The number of amides is 2. The Labute approximate surface area is 188 Å². The second-order valence-electron chi connectivity index (χ2n) is 8.07. The van der Waals surface area contributed by atoms with Gasteiger partial charge in [0.2, 0.25) is 0 Å². The highest BCUT2D eigenvalue weighted by Gasteiger charge is 2.25. The van der Waals surface area contributed by atoms with E-state index in [4.69, 9.17) is 4.74 Å². The molecule has 0 fully saturated rings. The highest BCUT2D eigenvalue weighted by atomic mass is 16.5. The fourth-order valence-electron chi connectivity index (χ4n) is 4.62. The Balaban J connectivity index is 1.29. The SMILES string of the molecule is O=C(Cc1cc2cccc3ccc4cccc1c4c32)Oc1ccc(N2C(=O)C=CC2=O)cc1. The normalized spacial score (nSPS) is 13.6. The van der Waals surface area contributed by atoms with Crippen LogP contribution in [-0.4, -0.2) is 17.8 Å². The van der Waals surface area contributed by atoms with Gasteiger partial charge in [0.15, 0.2) is 0 Å². The van der Waals surface area contributed by atoms with Gasteiger partial charge in [-0.15, -0.1) is 0 Å². The van der Waals surface area contributed by atoms with Crippen molar-refractivity contribution in [2.75, 3.05) is 4.90 Å². The number of esters is 1. The molecule has 5 heteroatoms. The predicted octanol–water partition coefficient (Wildman–Crippen LogP) is 5.16. The average molecular weight is 431 g/mol. The lowest BCUT2D eigenvalue weighted by atomic mass is 9.90. The molecule has 0 saturated heterocycles. The summed E-state index contributed by atoms with van der Waals surface area (Å²) in [5.41, 5.74) is 1.34. The lowest BCUT2D eigenvalue weighted by Gasteiger charge is -2.15. The number of carbonyl (C=O) groups is 3. The van der Waals surface area contributed by atoms with E-state index in [1.165, 1.54) is 22.9 Å². The molecule has 1 aliphatic heterocycles. The number of ether oxygens (including phenoxy) is 1. The van der Waals surface area contributed by atoms with Gasteiger partial charge in [-0.1, -0.05) is 48.5 Å². The molecule has 1 aliphatic rings. The van der Waals surface area contributed by atoms with Gasteiger partial charge >= 0.3 is 5.97 Å². The van der Waals surface area contributed by atoms with Crippen LogP contribution in [0.15, 0.2) is 91.0 Å². The number of nitrogens with zero attached hydrogens (tertiary/aromatic N) is 1. The standard InChI is InChI=1S/C28H17NO4/c30-24-13-14-25(31)29(24)21-9-11-22(12-10-21)33-26(32)16-20-15-19-5-1-3-17-7-8-18-4-2-6-23(20)28(18)27(17)19/h1-15H,16H2. The minimum atomic E-state index is -0.390. The molecule has 0 bridgehead atoms. The molecular formula is C28H17NO4. The molecule has 0 saturated carbocycles. The van der Waals surface area contributed by atoms with Crippen LogP contribution in [0.2, 0.25) is 0 Å². The van der Waals surface area contributed by atoms with Gasteiger partial charge in [-0.25, -0.2) is 4.90 Å². The maximum Gasteiger partial charge on any atom is 0.315 e. The minimum Gasteiger partial charge on any atom is -0.426 e. The largest absolute Gasteiger partial charge is 0.426 e. The van der Waals surface area contributed by atoms with Crippen molar-refractivity contribution < 1.29 is 19.1 Å². The molecule has 0 aromatic heterocycles. The monoisotopic (exact) mass is 431 g/mol. The van der Waals surface area contributed by atoms with Gasteiger partial charge in [0.1, 0.15) is 5.75 Å². The fraction of sp³-hybridized carbons (Fsp3) is 0.0357. The predicted molar refractivity (Wildman–Crippen MR) is 128 cm³/mol. The van der Waals surface area contributed by atoms with Gasteiger partial charge in [-0.2, -0.15) is 0 Å². The summed E-state index contributed by atoms with van der Waals surface area (Å²) < 4.78 is 5.56. The summed E-state index contributed by atoms with van der Waals surface area (Å²) in [5.74, 6) is -0.808. The molecule has 6 rings (SSSR count). The Bertz CT molecular complexity index is 1600. The molecule has 5 aromatic carbocycles. The number of imide groups is 1. The highest BCUT2D eigenvalue weighted by molar-refractivity contribution is 6.28. The first-order chi connectivity index (χ1) is 16.1. The van der Waals surface area contributed by atoms with E-state index in [1.807, 2.05) is 18.2 Å². The molecule has 33 heavy (non-hydrogen) atoms. The number of hydrogen-bond acceptors (Lipinski definition) is 4. The third kappa shape index (κ3) is 3.13. The first kappa shape index (κ1) is 19.2. The Kier molecular flexibility index (Phi) is 4.23. The first-order valence-electron chi connectivity index (χ1n) is 10.6. The maximum atomic E-state index is 12.8. The summed E-state index contributed by atoms with van der Waals surface area (Å²) in [6.07, 6.45) is 2.58. The first-order valence-corrected chi connectivity index (χ1v) is 10.6. The van der Waals surface area contributed by atoms with Crippen molar-refractivity contribution in [1.29, 1.82) is 0 Å². The smallest absolute Gasteiger partial charge is 0.315 e. The van der Waals surface area contributed by atoms with Gasteiger partial charge in [0.05, 0.1) is 12.1 Å². The Morgan fingerprint density at radius 2 is 1.36 bits per heavy atom. The highest BCUT2D eigenvalue weighted by Crippen LogP contribution is 2.36. The zero-order valence-electron chi connectivity index (χ0n) is 17.4. The van der Waals surface area contributed by atoms with Crippen molar-refractivity contribution in [1.82, 2.24) is 0 Å². The quantitative estimate of drug-likeness (QED) is 0.171. The summed E-state index contributed by atoms with van der Waals surface area (Å²) in [6, 6.07) is 25.0. The zero-order chi connectivity index (χ0) is 22.5. The van der Waals surface area contributed by atoms with Crippen molar-refractivity contribution in [3.63, 3.8) is 0 Å². The third-order valence-corrected chi connectivity index (χ3v) is 6.06. The van der Waals surface area contributed by atoms with E-state index in [-0.39, 0.29) is 12.4 Å². The van der Waals surface area contributed by atoms with Crippen molar-refractivity contribution >= 4 is 55.8 Å². The van der Waals surface area contributed by atoms with Crippen LogP contribution in [0.4, 0.5) is 5.69 Å². The molecule has 0 atom stereocenters. The number of carbonyl (C=O) groups excluding carboxylic acids is 3. The molecule has 0 radical (unpaired) electrons. The summed E-state index contributed by atoms with van der Waals surface area (Å²) in [4.78, 5) is 37.5. The van der Waals surface area contributed by atoms with Crippen LogP contribution >= 0.6 is 0 Å². The number of benzene rings is 5. The lowest BCUT2D eigenvalue weighted by Crippen LogP contribution is -2.29. The third-order valence-electron chi connectivity index (χ3n) is 6.06. The summed E-state index contributed by atoms with van der Waals surface area (Å²) >= 11 is 0. The Morgan fingerprint density at radius 1 is 0.727 bits per heavy atom. The molecule has 0 unspecified atom stereocenters. The van der Waals surface area contributed by atoms with Crippen molar-refractivity contribution in [2.24, 2.45) is 0 Å². The van der Waals surface area contributed by atoms with Crippen molar-refractivity contribution in [2.45, 2.75) is 6.42 Å². The van der Waals surface area contributed by atoms with E-state index in [1.54, 1.807) is 24.3 Å². The minimum absolute atomic E-state index is 0.124. The molecule has 158 valence electrons. The van der Waals surface area contributed by atoms with E-state index in [2.05, 4.69) is 36.4 Å². The van der Waals surface area contributed by atoms with Gasteiger partial charge in [-0.05, 0) is 68.2 Å². The molecule has 0 spiro atoms. The number of anilines is 1. The van der Waals surface area contributed by atoms with Gasteiger partial charge in [-0.3, -0.25) is 14.4 Å². The lowest BCUT2D eigenvalue weighted by molar-refractivity contribution is -0.133. The van der Waals surface area contributed by atoms with Crippen LogP contribution in [0.25, 0.3) is 32.3 Å². The molecule has 0 N–H and O–H groups in total. The van der Waals surface area contributed by atoms with E-state index in [0.717, 1.165) is 32.0 Å². The van der Waals surface area contributed by atoms with Crippen LogP contribution in [0.5, 0.6) is 5.75 Å². The molecule has 0 aliphatic carbocycles. The molecule has 5 nitrogen and oxygen atoms in total. The van der Waals surface area contributed by atoms with Crippen LogP contribution < -0.4 is 9.64 Å². The van der Waals surface area contributed by atoms with Crippen LogP contribution in [0, 0.1) is 0 Å². The number of hydrogen-bond donors (Lipinski definition) is 0. The average Bonchev–Trinajstić information content (AvgIpc) is 3.16. The molecule has 2 amide bonds. The zero-order valence-corrected chi connectivity index (χ0v) is 17.4. The summed E-state index contributed by atoms with van der Waals surface area (Å²) in [6.45, 7) is 0. The van der Waals surface area contributed by atoms with E-state index < -0.39 is 11.8 Å². The van der Waals surface area contributed by atoms with Crippen LogP contribution in [0.3, 0.4) is 0 Å². The van der Waals surface area contributed by atoms with Crippen LogP contribution in [0.1, 0.15) is 5.56 Å². The molecule has 1 heterocycles. The van der Waals surface area contributed by atoms with Crippen molar-refractivity contribution in [3.05, 3.63) is 96.6 Å². The maximum absolute atomic E-state index is 12.8. The second kappa shape index (κ2) is 7.28. The van der Waals surface area contributed by atoms with Crippen molar-refractivity contribution in [3.8, 4) is 5.75 Å². The van der Waals surface area contributed by atoms with Gasteiger partial charge in [0.25, 0.3) is 11.8 Å². The van der Waals surface area contributed by atoms with E-state index in [0.29, 0.717) is 11.4 Å². The summed E-state index contributed by atoms with van der Waals surface area (Å²) in [7, 11) is 0. The molecular weight excluding hydrogens is 414 g/mol. The van der Waals surface area contributed by atoms with Gasteiger partial charge in [0, 0.05) is 12.2 Å². The van der Waals surface area contributed by atoms with E-state index >= 15 is 0 Å². The summed E-state index contributed by atoms with van der Waals surface area (Å²) in [5, 5.41) is 6.82.